The maximum absolute atomic E-state index is 12.4. The zero-order chi connectivity index (χ0) is 15.6. The minimum absolute atomic E-state index is 0.0792. The summed E-state index contributed by atoms with van der Waals surface area (Å²) in [6, 6.07) is 11.5. The van der Waals surface area contributed by atoms with E-state index in [1.54, 1.807) is 43.3 Å². The molecule has 0 spiro atoms. The SMILES string of the molecule is Cc1ccc(S(=O)(=O)NC(C)c2ccc(Cl)cc2)c(Cl)c1. The Balaban J connectivity index is 2.26. The first kappa shape index (κ1) is 16.3. The van der Waals surface area contributed by atoms with Gasteiger partial charge in [-0.3, -0.25) is 0 Å². The smallest absolute Gasteiger partial charge is 0.207 e. The first-order valence-corrected chi connectivity index (χ1v) is 8.57. The van der Waals surface area contributed by atoms with Crippen LogP contribution < -0.4 is 4.72 Å². The van der Waals surface area contributed by atoms with Crippen LogP contribution in [0.5, 0.6) is 0 Å². The van der Waals surface area contributed by atoms with Crippen LogP contribution >= 0.6 is 23.2 Å². The Hall–Kier alpha value is -1.07. The third-order valence-corrected chi connectivity index (χ3v) is 5.35. The third-order valence-electron chi connectivity index (χ3n) is 3.08. The number of hydrogen-bond acceptors (Lipinski definition) is 2. The van der Waals surface area contributed by atoms with Crippen molar-refractivity contribution in [2.24, 2.45) is 0 Å². The lowest BCUT2D eigenvalue weighted by Gasteiger charge is -2.15. The number of aryl methyl sites for hydroxylation is 1. The lowest BCUT2D eigenvalue weighted by atomic mass is 10.1. The summed E-state index contributed by atoms with van der Waals surface area (Å²) in [6.07, 6.45) is 0. The van der Waals surface area contributed by atoms with Crippen molar-refractivity contribution in [3.63, 3.8) is 0 Å². The van der Waals surface area contributed by atoms with Crippen LogP contribution in [0.15, 0.2) is 47.4 Å². The molecular formula is C15H15Cl2NO2S. The van der Waals surface area contributed by atoms with Gasteiger partial charge in [0, 0.05) is 11.1 Å². The summed E-state index contributed by atoms with van der Waals surface area (Å²) < 4.78 is 27.4. The van der Waals surface area contributed by atoms with Gasteiger partial charge in [0.1, 0.15) is 4.90 Å². The molecule has 0 fully saturated rings. The Kier molecular flexibility index (Phi) is 4.94. The fourth-order valence-corrected chi connectivity index (χ4v) is 3.90. The second kappa shape index (κ2) is 6.36. The van der Waals surface area contributed by atoms with Crippen molar-refractivity contribution in [2.45, 2.75) is 24.8 Å². The van der Waals surface area contributed by atoms with Gasteiger partial charge in [-0.2, -0.15) is 0 Å². The molecule has 3 nitrogen and oxygen atoms in total. The Morgan fingerprint density at radius 1 is 1.05 bits per heavy atom. The van der Waals surface area contributed by atoms with E-state index >= 15 is 0 Å². The van der Waals surface area contributed by atoms with Crippen LogP contribution in [0.4, 0.5) is 0 Å². The summed E-state index contributed by atoms with van der Waals surface area (Å²) in [5.74, 6) is 0. The van der Waals surface area contributed by atoms with Crippen LogP contribution in [-0.2, 0) is 10.0 Å². The van der Waals surface area contributed by atoms with Crippen molar-refractivity contribution in [1.29, 1.82) is 0 Å². The standard InChI is InChI=1S/C15H15Cl2NO2S/c1-10-3-8-15(14(17)9-10)21(19,20)18-11(2)12-4-6-13(16)7-5-12/h3-9,11,18H,1-2H3. The van der Waals surface area contributed by atoms with Gasteiger partial charge in [0.25, 0.3) is 0 Å². The summed E-state index contributed by atoms with van der Waals surface area (Å²) in [5, 5.41) is 0.821. The zero-order valence-corrected chi connectivity index (χ0v) is 13.9. The van der Waals surface area contributed by atoms with Crippen molar-refractivity contribution >= 4 is 33.2 Å². The highest BCUT2D eigenvalue weighted by atomic mass is 35.5. The van der Waals surface area contributed by atoms with Crippen molar-refractivity contribution in [3.8, 4) is 0 Å². The first-order valence-electron chi connectivity index (χ1n) is 6.33. The number of nitrogens with one attached hydrogen (secondary N) is 1. The van der Waals surface area contributed by atoms with Crippen LogP contribution in [0.3, 0.4) is 0 Å². The Bertz CT molecular complexity index is 743. The summed E-state index contributed by atoms with van der Waals surface area (Å²) in [5.41, 5.74) is 1.73. The molecule has 6 heteroatoms. The fraction of sp³-hybridized carbons (Fsp3) is 0.200. The molecule has 0 aliphatic rings. The third kappa shape index (κ3) is 3.98. The van der Waals surface area contributed by atoms with E-state index in [0.29, 0.717) is 5.02 Å². The number of hydrogen-bond donors (Lipinski definition) is 1. The van der Waals surface area contributed by atoms with Gasteiger partial charge in [-0.1, -0.05) is 41.4 Å². The monoisotopic (exact) mass is 343 g/mol. The molecule has 1 atom stereocenters. The van der Waals surface area contributed by atoms with Gasteiger partial charge in [-0.15, -0.1) is 0 Å². The maximum Gasteiger partial charge on any atom is 0.242 e. The molecule has 0 saturated heterocycles. The Labute approximate surface area is 135 Å². The van der Waals surface area contributed by atoms with Crippen LogP contribution in [0.2, 0.25) is 10.0 Å². The van der Waals surface area contributed by atoms with Crippen molar-refractivity contribution in [2.75, 3.05) is 0 Å². The van der Waals surface area contributed by atoms with Gasteiger partial charge in [0.15, 0.2) is 0 Å². The van der Waals surface area contributed by atoms with Gasteiger partial charge in [-0.25, -0.2) is 13.1 Å². The molecule has 2 aromatic carbocycles. The number of rotatable bonds is 4. The molecule has 0 aromatic heterocycles. The molecule has 0 radical (unpaired) electrons. The summed E-state index contributed by atoms with van der Waals surface area (Å²) in [4.78, 5) is 0.0792. The fourth-order valence-electron chi connectivity index (χ4n) is 1.94. The normalized spacial score (nSPS) is 13.1. The van der Waals surface area contributed by atoms with Crippen LogP contribution in [-0.4, -0.2) is 8.42 Å². The number of halogens is 2. The summed E-state index contributed by atoms with van der Waals surface area (Å²) in [7, 11) is -3.68. The summed E-state index contributed by atoms with van der Waals surface area (Å²) in [6.45, 7) is 3.62. The molecule has 2 rings (SSSR count). The second-order valence-corrected chi connectivity index (χ2v) is 7.35. The Morgan fingerprint density at radius 3 is 2.24 bits per heavy atom. The van der Waals surface area contributed by atoms with Gasteiger partial charge >= 0.3 is 0 Å². The van der Waals surface area contributed by atoms with Crippen LogP contribution in [0, 0.1) is 6.92 Å². The lowest BCUT2D eigenvalue weighted by molar-refractivity contribution is 0.567. The molecule has 112 valence electrons. The zero-order valence-electron chi connectivity index (χ0n) is 11.6. The lowest BCUT2D eigenvalue weighted by Crippen LogP contribution is -2.27. The minimum Gasteiger partial charge on any atom is -0.207 e. The van der Waals surface area contributed by atoms with Crippen molar-refractivity contribution in [3.05, 3.63) is 63.6 Å². The summed E-state index contributed by atoms with van der Waals surface area (Å²) >= 11 is 11.9. The predicted molar refractivity (Wildman–Crippen MR) is 86.4 cm³/mol. The highest BCUT2D eigenvalue weighted by molar-refractivity contribution is 7.89. The van der Waals surface area contributed by atoms with E-state index in [9.17, 15) is 8.42 Å². The van der Waals surface area contributed by atoms with E-state index < -0.39 is 10.0 Å². The van der Waals surface area contributed by atoms with Gasteiger partial charge < -0.3 is 0 Å². The molecule has 1 N–H and O–H groups in total. The molecular weight excluding hydrogens is 329 g/mol. The van der Waals surface area contributed by atoms with E-state index in [0.717, 1.165) is 11.1 Å². The topological polar surface area (TPSA) is 46.2 Å². The molecule has 0 heterocycles. The molecule has 0 saturated carbocycles. The van der Waals surface area contributed by atoms with Gasteiger partial charge in [-0.05, 0) is 49.2 Å². The highest BCUT2D eigenvalue weighted by Crippen LogP contribution is 2.24. The van der Waals surface area contributed by atoms with Crippen molar-refractivity contribution in [1.82, 2.24) is 4.72 Å². The number of sulfonamides is 1. The quantitative estimate of drug-likeness (QED) is 0.897. The van der Waals surface area contributed by atoms with Crippen molar-refractivity contribution < 1.29 is 8.42 Å². The van der Waals surface area contributed by atoms with E-state index in [4.69, 9.17) is 23.2 Å². The van der Waals surface area contributed by atoms with E-state index in [-0.39, 0.29) is 16.0 Å². The van der Waals surface area contributed by atoms with Gasteiger partial charge in [0.05, 0.1) is 5.02 Å². The predicted octanol–water partition coefficient (Wildman–Crippen LogP) is 4.34. The maximum atomic E-state index is 12.4. The minimum atomic E-state index is -3.68. The van der Waals surface area contributed by atoms with Gasteiger partial charge in [0.2, 0.25) is 10.0 Å². The molecule has 0 aliphatic heterocycles. The van der Waals surface area contributed by atoms with Crippen LogP contribution in [0.1, 0.15) is 24.1 Å². The van der Waals surface area contributed by atoms with E-state index in [1.165, 1.54) is 6.07 Å². The van der Waals surface area contributed by atoms with E-state index in [2.05, 4.69) is 4.72 Å². The first-order chi connectivity index (χ1) is 9.79. The second-order valence-electron chi connectivity index (χ2n) is 4.83. The number of benzene rings is 2. The van der Waals surface area contributed by atoms with Crippen LogP contribution in [0.25, 0.3) is 0 Å². The largest absolute Gasteiger partial charge is 0.242 e. The average Bonchev–Trinajstić information content (AvgIpc) is 2.38. The molecule has 21 heavy (non-hydrogen) atoms. The molecule has 0 bridgehead atoms. The molecule has 1 unspecified atom stereocenters. The Morgan fingerprint density at radius 2 is 1.67 bits per heavy atom. The molecule has 0 aliphatic carbocycles. The molecule has 2 aromatic rings. The van der Waals surface area contributed by atoms with E-state index in [1.807, 2.05) is 6.92 Å². The average molecular weight is 344 g/mol. The highest BCUT2D eigenvalue weighted by Gasteiger charge is 2.21. The molecule has 0 amide bonds.